The van der Waals surface area contributed by atoms with Crippen molar-refractivity contribution in [3.05, 3.63) is 57.5 Å². The molecule has 0 aliphatic rings. The number of ether oxygens (including phenoxy) is 2. The predicted molar refractivity (Wildman–Crippen MR) is 115 cm³/mol. The van der Waals surface area contributed by atoms with E-state index in [0.29, 0.717) is 4.83 Å². The van der Waals surface area contributed by atoms with E-state index in [0.717, 1.165) is 28.7 Å². The molecule has 31 heavy (non-hydrogen) atoms. The van der Waals surface area contributed by atoms with E-state index in [1.807, 2.05) is 6.92 Å². The maximum Gasteiger partial charge on any atom is 0.339 e. The number of carbonyl (C=O) groups excluding carboxylic acids is 3. The van der Waals surface area contributed by atoms with Crippen molar-refractivity contribution in [1.82, 2.24) is 9.55 Å². The van der Waals surface area contributed by atoms with Crippen LogP contribution in [-0.4, -0.2) is 41.1 Å². The molecule has 0 fully saturated rings. The van der Waals surface area contributed by atoms with Crippen LogP contribution in [0, 0.1) is 0 Å². The number of carbonyl (C=O) groups is 3. The second kappa shape index (κ2) is 9.98. The van der Waals surface area contributed by atoms with Crippen LogP contribution in [0.1, 0.15) is 40.5 Å². The van der Waals surface area contributed by atoms with Crippen LogP contribution >= 0.6 is 11.3 Å². The summed E-state index contributed by atoms with van der Waals surface area (Å²) in [6, 6.07) is 6.37. The van der Waals surface area contributed by atoms with Crippen LogP contribution < -0.4 is 10.9 Å². The number of nitrogens with zero attached hydrogens (tertiary/aromatic N) is 2. The predicted octanol–water partition coefficient (Wildman–Crippen LogP) is 2.84. The maximum absolute atomic E-state index is 12.9. The Labute approximate surface area is 181 Å². The highest BCUT2D eigenvalue weighted by Crippen LogP contribution is 2.22. The van der Waals surface area contributed by atoms with E-state index in [9.17, 15) is 19.2 Å². The summed E-state index contributed by atoms with van der Waals surface area (Å²) in [7, 11) is 1.24. The largest absolute Gasteiger partial charge is 0.465 e. The van der Waals surface area contributed by atoms with Crippen molar-refractivity contribution in [1.29, 1.82) is 0 Å². The van der Waals surface area contributed by atoms with E-state index in [1.165, 1.54) is 24.9 Å². The van der Waals surface area contributed by atoms with E-state index < -0.39 is 23.4 Å². The Balaban J connectivity index is 1.83. The molecule has 0 aliphatic carbocycles. The molecule has 0 unspecified atom stereocenters. The minimum Gasteiger partial charge on any atom is -0.465 e. The molecule has 1 aromatic carbocycles. The molecule has 2 heterocycles. The summed E-state index contributed by atoms with van der Waals surface area (Å²) in [6.07, 6.45) is 2.85. The lowest BCUT2D eigenvalue weighted by atomic mass is 10.2. The number of esters is 2. The highest BCUT2D eigenvalue weighted by Gasteiger charge is 2.20. The number of para-hydroxylation sites is 1. The maximum atomic E-state index is 12.9. The third kappa shape index (κ3) is 4.97. The van der Waals surface area contributed by atoms with Crippen molar-refractivity contribution in [3.8, 4) is 0 Å². The molecule has 0 saturated carbocycles. The van der Waals surface area contributed by atoms with Crippen molar-refractivity contribution >= 4 is 45.1 Å². The number of thiophene rings is 1. The Kier molecular flexibility index (Phi) is 7.14. The molecule has 10 heteroatoms. The van der Waals surface area contributed by atoms with Crippen LogP contribution in [0.25, 0.3) is 10.2 Å². The summed E-state index contributed by atoms with van der Waals surface area (Å²) in [4.78, 5) is 54.2. The third-order valence-electron chi connectivity index (χ3n) is 4.43. The number of rotatable bonds is 8. The average molecular weight is 443 g/mol. The van der Waals surface area contributed by atoms with Gasteiger partial charge in [-0.15, -0.1) is 11.3 Å². The molecule has 0 aliphatic heterocycles. The van der Waals surface area contributed by atoms with Gasteiger partial charge in [0, 0.05) is 5.38 Å². The number of hydrogen-bond acceptors (Lipinski definition) is 8. The van der Waals surface area contributed by atoms with Crippen LogP contribution in [-0.2, 0) is 20.8 Å². The second-order valence-electron chi connectivity index (χ2n) is 6.58. The van der Waals surface area contributed by atoms with Gasteiger partial charge in [0.15, 0.2) is 0 Å². The van der Waals surface area contributed by atoms with Crippen molar-refractivity contribution < 1.29 is 23.9 Å². The molecule has 0 bridgehead atoms. The third-order valence-corrected chi connectivity index (χ3v) is 5.32. The second-order valence-corrected chi connectivity index (χ2v) is 7.44. The Bertz CT molecular complexity index is 1180. The first-order valence-electron chi connectivity index (χ1n) is 9.57. The van der Waals surface area contributed by atoms with Gasteiger partial charge in [-0.1, -0.05) is 25.5 Å². The van der Waals surface area contributed by atoms with Crippen LogP contribution in [0.4, 0.5) is 5.69 Å². The van der Waals surface area contributed by atoms with Crippen molar-refractivity contribution in [3.63, 3.8) is 0 Å². The Hall–Kier alpha value is -3.53. The first-order chi connectivity index (χ1) is 15.0. The topological polar surface area (TPSA) is 117 Å². The smallest absolute Gasteiger partial charge is 0.339 e. The fourth-order valence-electron chi connectivity index (χ4n) is 2.84. The molecule has 0 saturated heterocycles. The number of nitrogens with one attached hydrogen (secondary N) is 1. The Morgan fingerprint density at radius 1 is 1.16 bits per heavy atom. The van der Waals surface area contributed by atoms with Crippen LogP contribution in [0.2, 0.25) is 0 Å². The zero-order chi connectivity index (χ0) is 22.4. The zero-order valence-electron chi connectivity index (χ0n) is 17.0. The molecule has 162 valence electrons. The zero-order valence-corrected chi connectivity index (χ0v) is 17.9. The van der Waals surface area contributed by atoms with Gasteiger partial charge in [-0.3, -0.25) is 14.2 Å². The van der Waals surface area contributed by atoms with Gasteiger partial charge in [0.05, 0.1) is 42.2 Å². The van der Waals surface area contributed by atoms with E-state index in [1.54, 1.807) is 18.2 Å². The number of benzene rings is 1. The van der Waals surface area contributed by atoms with E-state index in [4.69, 9.17) is 9.47 Å². The summed E-state index contributed by atoms with van der Waals surface area (Å²) in [6.45, 7) is 1.89. The average Bonchev–Trinajstić information content (AvgIpc) is 3.20. The lowest BCUT2D eigenvalue weighted by Crippen LogP contribution is -2.28. The molecule has 0 spiro atoms. The number of amides is 1. The first kappa shape index (κ1) is 22.2. The molecule has 9 nitrogen and oxygen atoms in total. The molecular formula is C21H21N3O6S. The number of hydrogen-bond donors (Lipinski definition) is 1. The van der Waals surface area contributed by atoms with Crippen LogP contribution in [0.5, 0.6) is 0 Å². The summed E-state index contributed by atoms with van der Waals surface area (Å²) in [5.74, 6) is -1.73. The Morgan fingerprint density at radius 2 is 1.94 bits per heavy atom. The SMILES string of the molecule is CCCCOC(=O)c1csc2ncn(CC(=O)Nc3ccccc3C(=O)OC)c(=O)c12. The standard InChI is InChI=1S/C21H21N3O6S/c1-3-4-9-30-21(28)14-11-31-18-17(14)19(26)24(12-22-18)10-16(25)23-15-8-6-5-7-13(15)20(27)29-2/h5-8,11-12H,3-4,9-10H2,1-2H3,(H,23,25). The number of anilines is 1. The highest BCUT2D eigenvalue weighted by molar-refractivity contribution is 7.17. The molecule has 1 amide bonds. The normalized spacial score (nSPS) is 10.6. The van der Waals surface area contributed by atoms with Gasteiger partial charge in [-0.25, -0.2) is 14.6 Å². The molecule has 3 rings (SSSR count). The minimum atomic E-state index is -0.597. The number of aromatic nitrogens is 2. The minimum absolute atomic E-state index is 0.122. The fourth-order valence-corrected chi connectivity index (χ4v) is 3.71. The van der Waals surface area contributed by atoms with E-state index in [-0.39, 0.29) is 35.4 Å². The van der Waals surface area contributed by atoms with E-state index in [2.05, 4.69) is 10.3 Å². The number of fused-ring (bicyclic) bond motifs is 1. The van der Waals surface area contributed by atoms with Gasteiger partial charge in [0.1, 0.15) is 11.4 Å². The van der Waals surface area contributed by atoms with Crippen molar-refractivity contribution in [2.45, 2.75) is 26.3 Å². The number of unbranched alkanes of at least 4 members (excludes halogenated alkanes) is 1. The molecule has 0 atom stereocenters. The van der Waals surface area contributed by atoms with Crippen LogP contribution in [0.15, 0.2) is 40.8 Å². The lowest BCUT2D eigenvalue weighted by Gasteiger charge is -2.10. The van der Waals surface area contributed by atoms with Gasteiger partial charge in [-0.2, -0.15) is 0 Å². The van der Waals surface area contributed by atoms with Gasteiger partial charge in [-0.05, 0) is 18.6 Å². The quantitative estimate of drug-likeness (QED) is 0.420. The van der Waals surface area contributed by atoms with Crippen molar-refractivity contribution in [2.24, 2.45) is 0 Å². The summed E-state index contributed by atoms with van der Waals surface area (Å²) >= 11 is 1.16. The number of methoxy groups -OCH3 is 1. The van der Waals surface area contributed by atoms with Gasteiger partial charge in [0.25, 0.3) is 5.56 Å². The molecular weight excluding hydrogens is 422 g/mol. The first-order valence-corrected chi connectivity index (χ1v) is 10.4. The fraction of sp³-hybridized carbons (Fsp3) is 0.286. The van der Waals surface area contributed by atoms with Gasteiger partial charge in [0.2, 0.25) is 5.91 Å². The van der Waals surface area contributed by atoms with E-state index >= 15 is 0 Å². The molecule has 0 radical (unpaired) electrons. The molecule has 1 N–H and O–H groups in total. The molecule has 2 aromatic heterocycles. The van der Waals surface area contributed by atoms with Gasteiger partial charge < -0.3 is 14.8 Å². The monoisotopic (exact) mass is 443 g/mol. The Morgan fingerprint density at radius 3 is 2.68 bits per heavy atom. The molecule has 3 aromatic rings. The van der Waals surface area contributed by atoms with Crippen LogP contribution in [0.3, 0.4) is 0 Å². The van der Waals surface area contributed by atoms with Gasteiger partial charge >= 0.3 is 11.9 Å². The lowest BCUT2D eigenvalue weighted by molar-refractivity contribution is -0.116. The highest BCUT2D eigenvalue weighted by atomic mass is 32.1. The summed E-state index contributed by atoms with van der Waals surface area (Å²) in [5, 5.41) is 4.25. The summed E-state index contributed by atoms with van der Waals surface area (Å²) < 4.78 is 11.0. The summed E-state index contributed by atoms with van der Waals surface area (Å²) in [5.41, 5.74) is 0.0656. The van der Waals surface area contributed by atoms with Crippen molar-refractivity contribution in [2.75, 3.05) is 19.0 Å².